The fraction of sp³-hybridized carbons (Fsp3) is 0.458. The van der Waals surface area contributed by atoms with E-state index in [0.29, 0.717) is 17.8 Å². The van der Waals surface area contributed by atoms with Crippen LogP contribution < -0.4 is 0 Å². The summed E-state index contributed by atoms with van der Waals surface area (Å²) >= 11 is 0. The zero-order chi connectivity index (χ0) is 18.4. The van der Waals surface area contributed by atoms with E-state index in [9.17, 15) is 5.11 Å². The van der Waals surface area contributed by atoms with E-state index in [4.69, 9.17) is 0 Å². The Balaban J connectivity index is 1.37. The van der Waals surface area contributed by atoms with Gasteiger partial charge >= 0.3 is 0 Å². The number of aromatic nitrogens is 2. The minimum Gasteiger partial charge on any atom is -0.388 e. The van der Waals surface area contributed by atoms with Gasteiger partial charge in [-0.2, -0.15) is 0 Å². The van der Waals surface area contributed by atoms with E-state index in [1.54, 1.807) is 0 Å². The van der Waals surface area contributed by atoms with Crippen molar-refractivity contribution in [1.29, 1.82) is 0 Å². The number of aliphatic hydroxyl groups is 1. The van der Waals surface area contributed by atoms with Crippen LogP contribution in [-0.2, 0) is 0 Å². The summed E-state index contributed by atoms with van der Waals surface area (Å²) < 4.78 is 2.06. The van der Waals surface area contributed by atoms with Gasteiger partial charge in [-0.15, -0.1) is 0 Å². The lowest BCUT2D eigenvalue weighted by Gasteiger charge is -2.33. The zero-order valence-corrected chi connectivity index (χ0v) is 16.0. The fourth-order valence-corrected chi connectivity index (χ4v) is 4.95. The molecule has 2 saturated carbocycles. The van der Waals surface area contributed by atoms with E-state index in [-0.39, 0.29) is 6.10 Å². The fourth-order valence-electron chi connectivity index (χ4n) is 4.95. The Morgan fingerprint density at radius 2 is 1.67 bits per heavy atom. The Kier molecular flexibility index (Phi) is 4.28. The highest BCUT2D eigenvalue weighted by atomic mass is 16.3. The van der Waals surface area contributed by atoms with Crippen LogP contribution >= 0.6 is 0 Å². The molecule has 27 heavy (non-hydrogen) atoms. The maximum Gasteiger partial charge on any atom is 0.0992 e. The third kappa shape index (κ3) is 3.19. The van der Waals surface area contributed by atoms with Crippen molar-refractivity contribution >= 4 is 5.52 Å². The van der Waals surface area contributed by atoms with Crippen LogP contribution in [0.25, 0.3) is 5.52 Å². The summed E-state index contributed by atoms with van der Waals surface area (Å²) in [6.07, 6.45) is 12.5. The minimum atomic E-state index is -0.375. The van der Waals surface area contributed by atoms with E-state index in [1.807, 2.05) is 12.5 Å². The lowest BCUT2D eigenvalue weighted by Crippen LogP contribution is -2.21. The molecule has 0 aliphatic heterocycles. The lowest BCUT2D eigenvalue weighted by atomic mass is 9.75. The Morgan fingerprint density at radius 3 is 2.37 bits per heavy atom. The van der Waals surface area contributed by atoms with E-state index < -0.39 is 0 Å². The quantitative estimate of drug-likeness (QED) is 0.664. The molecule has 2 aliphatic carbocycles. The van der Waals surface area contributed by atoms with Crippen LogP contribution in [0.4, 0.5) is 0 Å². The number of benzene rings is 1. The van der Waals surface area contributed by atoms with Gasteiger partial charge in [0.1, 0.15) is 0 Å². The second-order valence-corrected chi connectivity index (χ2v) is 8.61. The molecule has 2 aliphatic rings. The molecule has 1 aromatic carbocycles. The van der Waals surface area contributed by atoms with Gasteiger partial charge in [-0.25, -0.2) is 4.98 Å². The summed E-state index contributed by atoms with van der Waals surface area (Å²) in [5.74, 6) is 1.63. The van der Waals surface area contributed by atoms with Gasteiger partial charge in [-0.1, -0.05) is 29.8 Å². The Labute approximate surface area is 161 Å². The molecular formula is C24H28N2O. The zero-order valence-electron chi connectivity index (χ0n) is 16.0. The summed E-state index contributed by atoms with van der Waals surface area (Å²) in [5.41, 5.74) is 6.38. The highest BCUT2D eigenvalue weighted by Gasteiger charge is 2.34. The van der Waals surface area contributed by atoms with Crippen molar-refractivity contribution in [2.75, 3.05) is 0 Å². The summed E-state index contributed by atoms with van der Waals surface area (Å²) in [5, 5.41) is 11.4. The van der Waals surface area contributed by atoms with Crippen LogP contribution in [0.3, 0.4) is 0 Å². The Bertz CT molecular complexity index is 931. The van der Waals surface area contributed by atoms with Gasteiger partial charge in [0.05, 0.1) is 24.1 Å². The van der Waals surface area contributed by atoms with Crippen LogP contribution in [0.15, 0.2) is 49.1 Å². The van der Waals surface area contributed by atoms with Crippen molar-refractivity contribution in [2.24, 2.45) is 5.92 Å². The van der Waals surface area contributed by atoms with Gasteiger partial charge in [-0.05, 0) is 80.4 Å². The molecule has 1 N–H and O–H groups in total. The molecule has 3 heteroatoms. The minimum absolute atomic E-state index is 0.352. The number of pyridine rings is 1. The first-order chi connectivity index (χ1) is 13.2. The second kappa shape index (κ2) is 6.79. The molecule has 0 radical (unpaired) electrons. The third-order valence-corrected chi connectivity index (χ3v) is 6.75. The van der Waals surface area contributed by atoms with Gasteiger partial charge in [0, 0.05) is 11.8 Å². The van der Waals surface area contributed by atoms with Crippen molar-refractivity contribution < 1.29 is 5.11 Å². The number of fused-ring (bicyclic) bond motifs is 1. The predicted octanol–water partition coefficient (Wildman–Crippen LogP) is 5.53. The highest BCUT2D eigenvalue weighted by molar-refractivity contribution is 5.59. The number of nitrogens with zero attached hydrogens (tertiary/aromatic N) is 2. The van der Waals surface area contributed by atoms with Crippen LogP contribution in [0.2, 0.25) is 0 Å². The Morgan fingerprint density at radius 1 is 0.963 bits per heavy atom. The normalized spacial score (nSPS) is 24.2. The molecule has 0 amide bonds. The van der Waals surface area contributed by atoms with Crippen molar-refractivity contribution in [3.63, 3.8) is 0 Å². The first-order valence-electron chi connectivity index (χ1n) is 10.4. The largest absolute Gasteiger partial charge is 0.388 e. The summed E-state index contributed by atoms with van der Waals surface area (Å²) in [6, 6.07) is 11.2. The molecule has 0 spiro atoms. The molecule has 1 atom stereocenters. The highest BCUT2D eigenvalue weighted by Crippen LogP contribution is 2.47. The van der Waals surface area contributed by atoms with Gasteiger partial charge < -0.3 is 9.51 Å². The first-order valence-corrected chi connectivity index (χ1v) is 10.4. The maximum atomic E-state index is 11.4. The first kappa shape index (κ1) is 17.0. The molecule has 2 aromatic heterocycles. The van der Waals surface area contributed by atoms with Crippen LogP contribution in [0.1, 0.15) is 78.7 Å². The molecule has 0 saturated heterocycles. The molecule has 0 unspecified atom stereocenters. The van der Waals surface area contributed by atoms with Gasteiger partial charge in [0.15, 0.2) is 0 Å². The maximum absolute atomic E-state index is 11.4. The van der Waals surface area contributed by atoms with E-state index in [1.165, 1.54) is 42.4 Å². The summed E-state index contributed by atoms with van der Waals surface area (Å²) in [7, 11) is 0. The van der Waals surface area contributed by atoms with Crippen molar-refractivity contribution in [1.82, 2.24) is 9.38 Å². The average molecular weight is 361 g/mol. The molecular weight excluding hydrogens is 332 g/mol. The standard InChI is InChI=1S/C24H28N2O/c1-16-2-4-17(5-3-16)18-6-10-20(11-7-18)24(27)23-21(19-8-9-19)12-13-26-15-25-14-22(23)26/h2-5,12-15,18-20,24,27H,6-11H2,1H3/t18?,20?,24-/m1/s1. The molecule has 2 fully saturated rings. The summed E-state index contributed by atoms with van der Waals surface area (Å²) in [4.78, 5) is 4.32. The molecule has 140 valence electrons. The molecule has 3 aromatic rings. The van der Waals surface area contributed by atoms with Crippen LogP contribution in [0, 0.1) is 12.8 Å². The number of aryl methyl sites for hydroxylation is 1. The van der Waals surface area contributed by atoms with E-state index >= 15 is 0 Å². The van der Waals surface area contributed by atoms with Crippen molar-refractivity contribution in [3.05, 3.63) is 71.3 Å². The Hall–Kier alpha value is -2.13. The second-order valence-electron chi connectivity index (χ2n) is 8.61. The molecule has 3 nitrogen and oxygen atoms in total. The van der Waals surface area contributed by atoms with Crippen molar-refractivity contribution in [2.45, 2.75) is 63.4 Å². The van der Waals surface area contributed by atoms with E-state index in [2.05, 4.69) is 52.8 Å². The van der Waals surface area contributed by atoms with Gasteiger partial charge in [0.25, 0.3) is 0 Å². The molecule has 0 bridgehead atoms. The number of imidazole rings is 1. The van der Waals surface area contributed by atoms with Crippen LogP contribution in [-0.4, -0.2) is 14.5 Å². The lowest BCUT2D eigenvalue weighted by molar-refractivity contribution is 0.0810. The predicted molar refractivity (Wildman–Crippen MR) is 108 cm³/mol. The average Bonchev–Trinajstić information content (AvgIpc) is 3.44. The molecule has 2 heterocycles. The number of rotatable bonds is 4. The van der Waals surface area contributed by atoms with E-state index in [0.717, 1.165) is 23.9 Å². The smallest absolute Gasteiger partial charge is 0.0992 e. The number of hydrogen-bond acceptors (Lipinski definition) is 2. The van der Waals surface area contributed by atoms with Gasteiger partial charge in [-0.3, -0.25) is 0 Å². The number of aliphatic hydroxyl groups excluding tert-OH is 1. The van der Waals surface area contributed by atoms with Crippen molar-refractivity contribution in [3.8, 4) is 0 Å². The monoisotopic (exact) mass is 360 g/mol. The third-order valence-electron chi connectivity index (χ3n) is 6.75. The topological polar surface area (TPSA) is 37.5 Å². The van der Waals surface area contributed by atoms with Crippen LogP contribution in [0.5, 0.6) is 0 Å². The number of hydrogen-bond donors (Lipinski definition) is 1. The molecule has 5 rings (SSSR count). The van der Waals surface area contributed by atoms with Gasteiger partial charge in [0.2, 0.25) is 0 Å². The SMILES string of the molecule is Cc1ccc(C2CCC([C@@H](O)c3c(C4CC4)ccn4cncc34)CC2)cc1. The summed E-state index contributed by atoms with van der Waals surface area (Å²) in [6.45, 7) is 2.14.